The molecule has 1 unspecified atom stereocenters. The van der Waals surface area contributed by atoms with Crippen LogP contribution in [0.15, 0.2) is 28.8 Å². The van der Waals surface area contributed by atoms with E-state index < -0.39 is 11.8 Å². The predicted octanol–water partition coefficient (Wildman–Crippen LogP) is 1.84. The van der Waals surface area contributed by atoms with E-state index in [0.29, 0.717) is 29.2 Å². The SMILES string of the molecule is NC(=O)c1noc2c1C([C@H]1COc3ccccc3NC1=O)CCC2. The van der Waals surface area contributed by atoms with Gasteiger partial charge in [-0.15, -0.1) is 0 Å². The largest absolute Gasteiger partial charge is 0.491 e. The number of hydrogen-bond donors (Lipinski definition) is 2. The lowest BCUT2D eigenvalue weighted by Gasteiger charge is -2.27. The van der Waals surface area contributed by atoms with E-state index in [0.717, 1.165) is 12.8 Å². The lowest BCUT2D eigenvalue weighted by Crippen LogP contribution is -2.33. The zero-order chi connectivity index (χ0) is 16.7. The van der Waals surface area contributed by atoms with Gasteiger partial charge < -0.3 is 20.3 Å². The molecule has 24 heavy (non-hydrogen) atoms. The van der Waals surface area contributed by atoms with Gasteiger partial charge in [0.2, 0.25) is 5.91 Å². The number of nitrogens with one attached hydrogen (secondary N) is 1. The summed E-state index contributed by atoms with van der Waals surface area (Å²) in [4.78, 5) is 24.4. The van der Waals surface area contributed by atoms with Crippen molar-refractivity contribution in [2.45, 2.75) is 25.2 Å². The molecule has 2 atom stereocenters. The fourth-order valence-corrected chi connectivity index (χ4v) is 3.58. The van der Waals surface area contributed by atoms with Crippen molar-refractivity contribution in [2.24, 2.45) is 11.7 Å². The van der Waals surface area contributed by atoms with Crippen molar-refractivity contribution in [1.82, 2.24) is 5.16 Å². The van der Waals surface area contributed by atoms with Crippen molar-refractivity contribution < 1.29 is 18.8 Å². The normalized spacial score (nSPS) is 22.6. The second kappa shape index (κ2) is 5.67. The fraction of sp³-hybridized carbons (Fsp3) is 0.353. The van der Waals surface area contributed by atoms with Crippen molar-refractivity contribution >= 4 is 17.5 Å². The molecule has 0 saturated heterocycles. The van der Waals surface area contributed by atoms with Crippen molar-refractivity contribution in [3.05, 3.63) is 41.3 Å². The van der Waals surface area contributed by atoms with Crippen LogP contribution in [0.4, 0.5) is 5.69 Å². The van der Waals surface area contributed by atoms with E-state index in [-0.39, 0.29) is 24.1 Å². The van der Waals surface area contributed by atoms with Crippen LogP contribution in [0.1, 0.15) is 40.6 Å². The fourth-order valence-electron chi connectivity index (χ4n) is 3.58. The molecule has 1 aliphatic heterocycles. The van der Waals surface area contributed by atoms with Crippen LogP contribution < -0.4 is 15.8 Å². The summed E-state index contributed by atoms with van der Waals surface area (Å²) in [5.41, 5.74) is 6.87. The van der Waals surface area contributed by atoms with Crippen molar-refractivity contribution in [3.63, 3.8) is 0 Å². The molecule has 3 N–H and O–H groups in total. The number of para-hydroxylation sites is 2. The zero-order valence-corrected chi connectivity index (χ0v) is 13.0. The lowest BCUT2D eigenvalue weighted by atomic mass is 9.77. The Balaban J connectivity index is 1.70. The summed E-state index contributed by atoms with van der Waals surface area (Å²) >= 11 is 0. The molecule has 1 aliphatic carbocycles. The molecule has 7 nitrogen and oxygen atoms in total. The van der Waals surface area contributed by atoms with E-state index in [4.69, 9.17) is 15.0 Å². The van der Waals surface area contributed by atoms with E-state index in [1.54, 1.807) is 6.07 Å². The van der Waals surface area contributed by atoms with Gasteiger partial charge in [0.05, 0.1) is 11.6 Å². The second-order valence-electron chi connectivity index (χ2n) is 6.13. The van der Waals surface area contributed by atoms with Gasteiger partial charge >= 0.3 is 0 Å². The standard InChI is InChI=1S/C17H17N3O4/c18-16(21)15-14-9(4-3-7-13(14)24-20-15)10-8-23-12-6-2-1-5-11(12)19-17(10)22/h1-2,5-6,9-10H,3-4,7-8H2,(H2,18,21)(H,19,22)/t9?,10-/m1/s1. The van der Waals surface area contributed by atoms with Crippen LogP contribution in [0, 0.1) is 5.92 Å². The molecule has 2 aliphatic rings. The molecule has 0 fully saturated rings. The number of carbonyl (C=O) groups excluding carboxylic acids is 2. The number of nitrogens with zero attached hydrogens (tertiary/aromatic N) is 1. The molecule has 2 amide bonds. The number of rotatable bonds is 2. The Morgan fingerprint density at radius 1 is 1.29 bits per heavy atom. The van der Waals surface area contributed by atoms with Crippen molar-refractivity contribution in [1.29, 1.82) is 0 Å². The Morgan fingerprint density at radius 2 is 2.12 bits per heavy atom. The van der Waals surface area contributed by atoms with E-state index >= 15 is 0 Å². The zero-order valence-electron chi connectivity index (χ0n) is 13.0. The highest BCUT2D eigenvalue weighted by Gasteiger charge is 2.40. The third-order valence-electron chi connectivity index (χ3n) is 4.71. The molecule has 1 aromatic heterocycles. The highest BCUT2D eigenvalue weighted by molar-refractivity contribution is 5.96. The quantitative estimate of drug-likeness (QED) is 0.875. The third-order valence-corrected chi connectivity index (χ3v) is 4.71. The summed E-state index contributed by atoms with van der Waals surface area (Å²) < 4.78 is 11.1. The average molecular weight is 327 g/mol. The van der Waals surface area contributed by atoms with Crippen LogP contribution >= 0.6 is 0 Å². The number of hydrogen-bond acceptors (Lipinski definition) is 5. The van der Waals surface area contributed by atoms with Crippen LogP contribution in [0.25, 0.3) is 0 Å². The van der Waals surface area contributed by atoms with Crippen LogP contribution in [-0.2, 0) is 11.2 Å². The number of anilines is 1. The second-order valence-corrected chi connectivity index (χ2v) is 6.13. The van der Waals surface area contributed by atoms with Gasteiger partial charge in [-0.2, -0.15) is 0 Å². The summed E-state index contributed by atoms with van der Waals surface area (Å²) in [7, 11) is 0. The predicted molar refractivity (Wildman–Crippen MR) is 84.8 cm³/mol. The Kier molecular flexibility index (Phi) is 3.48. The van der Waals surface area contributed by atoms with E-state index in [1.807, 2.05) is 18.2 Å². The van der Waals surface area contributed by atoms with E-state index in [1.165, 1.54) is 0 Å². The van der Waals surface area contributed by atoms with Crippen LogP contribution in [0.5, 0.6) is 5.75 Å². The van der Waals surface area contributed by atoms with Crippen molar-refractivity contribution in [2.75, 3.05) is 11.9 Å². The Morgan fingerprint density at radius 3 is 2.96 bits per heavy atom. The van der Waals surface area contributed by atoms with E-state index in [2.05, 4.69) is 10.5 Å². The molecule has 0 radical (unpaired) electrons. The molecule has 7 heteroatoms. The molecule has 0 bridgehead atoms. The first-order chi connectivity index (χ1) is 11.6. The van der Waals surface area contributed by atoms with Crippen LogP contribution in [0.3, 0.4) is 0 Å². The van der Waals surface area contributed by atoms with Gasteiger partial charge in [-0.1, -0.05) is 17.3 Å². The van der Waals surface area contributed by atoms with Gasteiger partial charge in [-0.3, -0.25) is 9.59 Å². The number of fused-ring (bicyclic) bond motifs is 2. The molecule has 0 spiro atoms. The number of nitrogens with two attached hydrogens (primary N) is 1. The number of carbonyl (C=O) groups is 2. The Labute approximate surface area is 138 Å². The van der Waals surface area contributed by atoms with Crippen LogP contribution in [0.2, 0.25) is 0 Å². The summed E-state index contributed by atoms with van der Waals surface area (Å²) in [6.45, 7) is 0.232. The molecular weight excluding hydrogens is 310 g/mol. The van der Waals surface area contributed by atoms with Crippen molar-refractivity contribution in [3.8, 4) is 5.75 Å². The molecule has 0 saturated carbocycles. The van der Waals surface area contributed by atoms with Gasteiger partial charge in [0.25, 0.3) is 5.91 Å². The molecule has 2 aromatic rings. The van der Waals surface area contributed by atoms with Gasteiger partial charge in [0.15, 0.2) is 5.69 Å². The summed E-state index contributed by atoms with van der Waals surface area (Å²) in [5.74, 6) is -0.107. The monoisotopic (exact) mass is 327 g/mol. The third kappa shape index (κ3) is 2.33. The Hall–Kier alpha value is -2.83. The number of primary amides is 1. The summed E-state index contributed by atoms with van der Waals surface area (Å²) in [5, 5.41) is 6.72. The maximum Gasteiger partial charge on any atom is 0.271 e. The minimum absolute atomic E-state index is 0.129. The number of benzene rings is 1. The highest BCUT2D eigenvalue weighted by atomic mass is 16.5. The Bertz CT molecular complexity index is 814. The average Bonchev–Trinajstić information content (AvgIpc) is 2.94. The van der Waals surface area contributed by atoms with Gasteiger partial charge in [-0.25, -0.2) is 0 Å². The maximum atomic E-state index is 12.7. The van der Waals surface area contributed by atoms with Gasteiger partial charge in [0.1, 0.15) is 18.1 Å². The first kappa shape index (κ1) is 14.7. The first-order valence-corrected chi connectivity index (χ1v) is 7.96. The first-order valence-electron chi connectivity index (χ1n) is 7.96. The molecule has 2 heterocycles. The number of ether oxygens (including phenoxy) is 1. The topological polar surface area (TPSA) is 107 Å². The lowest BCUT2D eigenvalue weighted by molar-refractivity contribution is -0.121. The van der Waals surface area contributed by atoms with Gasteiger partial charge in [0, 0.05) is 17.9 Å². The summed E-state index contributed by atoms with van der Waals surface area (Å²) in [6.07, 6.45) is 2.32. The molecule has 1 aromatic carbocycles. The minimum Gasteiger partial charge on any atom is -0.491 e. The summed E-state index contributed by atoms with van der Waals surface area (Å²) in [6, 6.07) is 7.32. The van der Waals surface area contributed by atoms with E-state index in [9.17, 15) is 9.59 Å². The van der Waals surface area contributed by atoms with Crippen LogP contribution in [-0.4, -0.2) is 23.6 Å². The minimum atomic E-state index is -0.634. The maximum absolute atomic E-state index is 12.7. The molecular formula is C17H17N3O4. The molecule has 4 rings (SSSR count). The smallest absolute Gasteiger partial charge is 0.271 e. The highest BCUT2D eigenvalue weighted by Crippen LogP contribution is 2.41. The van der Waals surface area contributed by atoms with Gasteiger partial charge in [-0.05, 0) is 25.0 Å². The number of aryl methyl sites for hydroxylation is 1. The number of aromatic nitrogens is 1. The molecule has 124 valence electrons. The number of amides is 2.